The maximum atomic E-state index is 2.40. The van der Waals surface area contributed by atoms with Crippen molar-refractivity contribution in [1.82, 2.24) is 0 Å². The minimum Gasteiger partial charge on any atom is -0.0622 e. The highest BCUT2D eigenvalue weighted by atomic mass is 14.9. The molecule has 62 valence electrons. The van der Waals surface area contributed by atoms with Crippen LogP contribution in [0.15, 0.2) is 30.3 Å². The zero-order chi connectivity index (χ0) is 8.40. The lowest BCUT2D eigenvalue weighted by Gasteiger charge is -2.17. The molecule has 1 aromatic carbocycles. The van der Waals surface area contributed by atoms with Crippen LogP contribution in [-0.2, 0) is 5.41 Å². The van der Waals surface area contributed by atoms with Crippen molar-refractivity contribution in [3.63, 3.8) is 0 Å². The van der Waals surface area contributed by atoms with Gasteiger partial charge in [0, 0.05) is 5.41 Å². The van der Waals surface area contributed by atoms with Crippen LogP contribution in [0, 0.1) is 11.3 Å². The summed E-state index contributed by atoms with van der Waals surface area (Å²) in [6.45, 7) is 4.79. The van der Waals surface area contributed by atoms with Gasteiger partial charge in [-0.1, -0.05) is 44.2 Å². The summed E-state index contributed by atoms with van der Waals surface area (Å²) in [6, 6.07) is 11.0. The van der Waals surface area contributed by atoms with Crippen LogP contribution in [0.2, 0.25) is 0 Å². The van der Waals surface area contributed by atoms with Gasteiger partial charge >= 0.3 is 0 Å². The van der Waals surface area contributed by atoms with Crippen LogP contribution in [0.25, 0.3) is 0 Å². The van der Waals surface area contributed by atoms with Gasteiger partial charge in [0.15, 0.2) is 0 Å². The molecule has 0 unspecified atom stereocenters. The summed E-state index contributed by atoms with van der Waals surface area (Å²) in [7, 11) is 0. The van der Waals surface area contributed by atoms with E-state index in [4.69, 9.17) is 0 Å². The highest BCUT2D eigenvalue weighted by molar-refractivity contribution is 5.50. The van der Waals surface area contributed by atoms with E-state index in [1.807, 2.05) is 0 Å². The fourth-order valence-electron chi connectivity index (χ4n) is 3.04. The molecular formula is C12H14. The quantitative estimate of drug-likeness (QED) is 0.589. The van der Waals surface area contributed by atoms with Gasteiger partial charge in [-0.3, -0.25) is 0 Å². The number of hydrogen-bond donors (Lipinski definition) is 0. The predicted octanol–water partition coefficient (Wildman–Crippen LogP) is 2.98. The second-order valence-corrected chi connectivity index (χ2v) is 4.82. The molecule has 12 heavy (non-hydrogen) atoms. The van der Waals surface area contributed by atoms with Crippen LogP contribution < -0.4 is 0 Å². The first-order chi connectivity index (χ1) is 5.69. The van der Waals surface area contributed by atoms with Gasteiger partial charge in [0.25, 0.3) is 0 Å². The largest absolute Gasteiger partial charge is 0.0622 e. The standard InChI is InChI=1S/C12H14/c1-11(2)10-8-12(10,11)9-6-4-3-5-7-9/h3-7,10H,8H2,1-2H3/t10-,12+/m0/s1. The van der Waals surface area contributed by atoms with E-state index in [-0.39, 0.29) is 0 Å². The van der Waals surface area contributed by atoms with Crippen molar-refractivity contribution in [3.05, 3.63) is 35.9 Å². The van der Waals surface area contributed by atoms with E-state index in [2.05, 4.69) is 44.2 Å². The Morgan fingerprint density at radius 1 is 1.17 bits per heavy atom. The Kier molecular flexibility index (Phi) is 0.900. The molecule has 0 heterocycles. The minimum atomic E-state index is 0.605. The van der Waals surface area contributed by atoms with Crippen LogP contribution in [0.1, 0.15) is 25.8 Å². The van der Waals surface area contributed by atoms with Crippen molar-refractivity contribution < 1.29 is 0 Å². The Hall–Kier alpha value is -0.780. The average molecular weight is 158 g/mol. The molecule has 2 aliphatic carbocycles. The molecule has 1 aromatic rings. The van der Waals surface area contributed by atoms with Gasteiger partial charge in [-0.25, -0.2) is 0 Å². The number of rotatable bonds is 1. The fraction of sp³-hybridized carbons (Fsp3) is 0.500. The molecule has 0 spiro atoms. The van der Waals surface area contributed by atoms with Gasteiger partial charge < -0.3 is 0 Å². The van der Waals surface area contributed by atoms with E-state index < -0.39 is 0 Å². The van der Waals surface area contributed by atoms with E-state index >= 15 is 0 Å². The third-order valence-corrected chi connectivity index (χ3v) is 4.19. The van der Waals surface area contributed by atoms with Crippen molar-refractivity contribution in [3.8, 4) is 0 Å². The summed E-state index contributed by atoms with van der Waals surface area (Å²) in [5.41, 5.74) is 2.78. The molecule has 0 N–H and O–H groups in total. The first-order valence-corrected chi connectivity index (χ1v) is 4.75. The average Bonchev–Trinajstić information content (AvgIpc) is 2.92. The Morgan fingerprint density at radius 3 is 2.17 bits per heavy atom. The number of hydrogen-bond acceptors (Lipinski definition) is 0. The van der Waals surface area contributed by atoms with E-state index in [1.54, 1.807) is 5.56 Å². The normalized spacial score (nSPS) is 40.3. The molecule has 2 fully saturated rings. The number of fused-ring (bicyclic) bond motifs is 1. The lowest BCUT2D eigenvalue weighted by atomic mass is 9.87. The number of benzene rings is 1. The third kappa shape index (κ3) is 0.502. The lowest BCUT2D eigenvalue weighted by molar-refractivity contribution is 0.425. The maximum Gasteiger partial charge on any atom is 0.00442 e. The van der Waals surface area contributed by atoms with Crippen molar-refractivity contribution in [2.45, 2.75) is 25.7 Å². The second-order valence-electron chi connectivity index (χ2n) is 4.82. The maximum absolute atomic E-state index is 2.40. The smallest absolute Gasteiger partial charge is 0.00442 e. The van der Waals surface area contributed by atoms with Crippen LogP contribution in [0.3, 0.4) is 0 Å². The molecule has 0 bridgehead atoms. The van der Waals surface area contributed by atoms with Gasteiger partial charge in [0.2, 0.25) is 0 Å². The molecule has 2 saturated carbocycles. The van der Waals surface area contributed by atoms with Crippen molar-refractivity contribution >= 4 is 0 Å². The van der Waals surface area contributed by atoms with Gasteiger partial charge in [-0.15, -0.1) is 0 Å². The van der Waals surface area contributed by atoms with Gasteiger partial charge in [0.05, 0.1) is 0 Å². The molecule has 0 radical (unpaired) electrons. The minimum absolute atomic E-state index is 0.605. The molecule has 0 saturated heterocycles. The van der Waals surface area contributed by atoms with Crippen molar-refractivity contribution in [2.75, 3.05) is 0 Å². The summed E-state index contributed by atoms with van der Waals surface area (Å²) < 4.78 is 0. The Morgan fingerprint density at radius 2 is 1.75 bits per heavy atom. The van der Waals surface area contributed by atoms with Gasteiger partial charge in [-0.2, -0.15) is 0 Å². The van der Waals surface area contributed by atoms with Crippen LogP contribution in [-0.4, -0.2) is 0 Å². The monoisotopic (exact) mass is 158 g/mol. The van der Waals surface area contributed by atoms with Crippen LogP contribution >= 0.6 is 0 Å². The van der Waals surface area contributed by atoms with Crippen molar-refractivity contribution in [2.24, 2.45) is 11.3 Å². The molecule has 0 nitrogen and oxygen atoms in total. The zero-order valence-corrected chi connectivity index (χ0v) is 7.67. The summed E-state index contributed by atoms with van der Waals surface area (Å²) >= 11 is 0. The highest BCUT2D eigenvalue weighted by Gasteiger charge is 2.84. The summed E-state index contributed by atoms with van der Waals surface area (Å²) in [4.78, 5) is 0. The summed E-state index contributed by atoms with van der Waals surface area (Å²) in [5, 5.41) is 0. The van der Waals surface area contributed by atoms with Crippen molar-refractivity contribution in [1.29, 1.82) is 0 Å². The lowest BCUT2D eigenvalue weighted by Crippen LogP contribution is -2.10. The third-order valence-electron chi connectivity index (χ3n) is 4.19. The molecule has 2 atom stereocenters. The fourth-order valence-corrected chi connectivity index (χ4v) is 3.04. The van der Waals surface area contributed by atoms with E-state index in [1.165, 1.54) is 6.42 Å². The van der Waals surface area contributed by atoms with Crippen LogP contribution in [0.4, 0.5) is 0 Å². The van der Waals surface area contributed by atoms with Crippen LogP contribution in [0.5, 0.6) is 0 Å². The SMILES string of the molecule is CC1(C)[C@@H]2C[C@@]21c1ccccc1. The molecular weight excluding hydrogens is 144 g/mol. The van der Waals surface area contributed by atoms with E-state index in [0.29, 0.717) is 10.8 Å². The summed E-state index contributed by atoms with van der Waals surface area (Å²) in [5.74, 6) is 0.993. The molecule has 0 heteroatoms. The van der Waals surface area contributed by atoms with Gasteiger partial charge in [-0.05, 0) is 23.3 Å². The first-order valence-electron chi connectivity index (χ1n) is 4.75. The highest BCUT2D eigenvalue weighted by Crippen LogP contribution is 2.87. The second kappa shape index (κ2) is 1.61. The Labute approximate surface area is 73.6 Å². The molecule has 0 aromatic heterocycles. The summed E-state index contributed by atoms with van der Waals surface area (Å²) in [6.07, 6.45) is 1.43. The van der Waals surface area contributed by atoms with Gasteiger partial charge in [0.1, 0.15) is 0 Å². The van der Waals surface area contributed by atoms with E-state index in [0.717, 1.165) is 5.92 Å². The Bertz CT molecular complexity index is 323. The molecule has 2 aliphatic rings. The first kappa shape index (κ1) is 6.71. The molecule has 0 amide bonds. The topological polar surface area (TPSA) is 0 Å². The zero-order valence-electron chi connectivity index (χ0n) is 7.67. The molecule has 3 rings (SSSR count). The molecule has 0 aliphatic heterocycles. The Balaban J connectivity index is 2.04. The predicted molar refractivity (Wildman–Crippen MR) is 50.0 cm³/mol. The van der Waals surface area contributed by atoms with E-state index in [9.17, 15) is 0 Å².